The van der Waals surface area contributed by atoms with Crippen molar-refractivity contribution in [3.63, 3.8) is 0 Å². The SMILES string of the molecule is O=C(C1=C(O)C(=O)N(c2nnc(SCc3ccc(Cl)cc3)s2)C1c1ccc([N+](=O)[O-])cc1)c1cccs1. The first-order chi connectivity index (χ1) is 17.8. The van der Waals surface area contributed by atoms with Crippen molar-refractivity contribution < 1.29 is 19.6 Å². The summed E-state index contributed by atoms with van der Waals surface area (Å²) < 4.78 is 0.581. The van der Waals surface area contributed by atoms with Crippen molar-refractivity contribution in [2.45, 2.75) is 16.1 Å². The van der Waals surface area contributed by atoms with Gasteiger partial charge in [0.05, 0.1) is 21.4 Å². The Balaban J connectivity index is 1.49. The maximum absolute atomic E-state index is 13.3. The van der Waals surface area contributed by atoms with Crippen molar-refractivity contribution in [2.24, 2.45) is 0 Å². The topological polar surface area (TPSA) is 127 Å². The highest BCUT2D eigenvalue weighted by Gasteiger charge is 2.46. The van der Waals surface area contributed by atoms with Crippen LogP contribution in [0.4, 0.5) is 10.8 Å². The summed E-state index contributed by atoms with van der Waals surface area (Å²) in [6, 6.07) is 15.1. The number of halogens is 1. The van der Waals surface area contributed by atoms with E-state index in [-0.39, 0.29) is 16.4 Å². The summed E-state index contributed by atoms with van der Waals surface area (Å²) >= 11 is 9.68. The fourth-order valence-electron chi connectivity index (χ4n) is 3.75. The van der Waals surface area contributed by atoms with Crippen LogP contribution in [0.5, 0.6) is 0 Å². The van der Waals surface area contributed by atoms with Crippen molar-refractivity contribution in [1.82, 2.24) is 10.2 Å². The Kier molecular flexibility index (Phi) is 7.07. The van der Waals surface area contributed by atoms with Crippen LogP contribution in [0.3, 0.4) is 0 Å². The lowest BCUT2D eigenvalue weighted by Gasteiger charge is -2.23. The van der Waals surface area contributed by atoms with Crippen LogP contribution in [-0.4, -0.2) is 31.9 Å². The van der Waals surface area contributed by atoms with Gasteiger partial charge in [-0.2, -0.15) is 0 Å². The largest absolute Gasteiger partial charge is 0.503 e. The van der Waals surface area contributed by atoms with Crippen LogP contribution >= 0.6 is 46.0 Å². The van der Waals surface area contributed by atoms with Crippen LogP contribution in [0.25, 0.3) is 0 Å². The van der Waals surface area contributed by atoms with Crippen molar-refractivity contribution in [2.75, 3.05) is 4.90 Å². The van der Waals surface area contributed by atoms with Crippen LogP contribution < -0.4 is 4.90 Å². The zero-order valence-electron chi connectivity index (χ0n) is 18.6. The van der Waals surface area contributed by atoms with E-state index in [9.17, 15) is 24.8 Å². The molecule has 0 bridgehead atoms. The molecule has 1 unspecified atom stereocenters. The van der Waals surface area contributed by atoms with E-state index >= 15 is 0 Å². The second-order valence-electron chi connectivity index (χ2n) is 7.76. The molecule has 1 aliphatic rings. The quantitative estimate of drug-likeness (QED) is 0.0867. The van der Waals surface area contributed by atoms with Crippen molar-refractivity contribution in [3.8, 4) is 0 Å². The molecule has 0 radical (unpaired) electrons. The standard InChI is InChI=1S/C24H15ClN4O5S3/c25-15-7-3-13(4-8-15)12-36-24-27-26-23(37-24)28-19(14-5-9-16(10-6-14)29(33)34)18(21(31)22(28)32)20(30)17-2-1-11-35-17/h1-11,19,31H,12H2. The molecule has 2 aromatic heterocycles. The van der Waals surface area contributed by atoms with Gasteiger partial charge in [0.25, 0.3) is 11.6 Å². The van der Waals surface area contributed by atoms with E-state index in [0.29, 0.717) is 25.6 Å². The molecular weight excluding hydrogens is 556 g/mol. The number of aromatic nitrogens is 2. The summed E-state index contributed by atoms with van der Waals surface area (Å²) in [5.74, 6) is -1.40. The smallest absolute Gasteiger partial charge is 0.296 e. The molecule has 0 saturated carbocycles. The number of ketones is 1. The molecule has 1 amide bonds. The summed E-state index contributed by atoms with van der Waals surface area (Å²) in [4.78, 5) is 38.8. The fraction of sp³-hybridized carbons (Fsp3) is 0.0833. The van der Waals surface area contributed by atoms with Crippen LogP contribution in [0.15, 0.2) is 81.7 Å². The Labute approximate surface area is 227 Å². The number of aliphatic hydroxyl groups is 1. The van der Waals surface area contributed by atoms with Gasteiger partial charge >= 0.3 is 0 Å². The van der Waals surface area contributed by atoms with Crippen LogP contribution in [0, 0.1) is 10.1 Å². The molecule has 0 fully saturated rings. The molecule has 37 heavy (non-hydrogen) atoms. The van der Waals surface area contributed by atoms with Crippen LogP contribution in [0.2, 0.25) is 5.02 Å². The number of thiophene rings is 1. The lowest BCUT2D eigenvalue weighted by Crippen LogP contribution is -2.31. The molecule has 1 aliphatic heterocycles. The first-order valence-corrected chi connectivity index (χ1v) is 13.7. The van der Waals surface area contributed by atoms with Crippen LogP contribution in [0.1, 0.15) is 26.8 Å². The predicted octanol–water partition coefficient (Wildman–Crippen LogP) is 6.24. The molecule has 1 N–H and O–H groups in total. The normalized spacial score (nSPS) is 15.4. The second-order valence-corrected chi connectivity index (χ2v) is 11.3. The van der Waals surface area contributed by atoms with E-state index in [1.54, 1.807) is 29.6 Å². The van der Waals surface area contributed by atoms with Gasteiger partial charge in [-0.15, -0.1) is 21.5 Å². The molecule has 0 aliphatic carbocycles. The number of non-ortho nitro benzene ring substituents is 1. The molecule has 5 rings (SSSR count). The number of carbonyl (C=O) groups excluding carboxylic acids is 2. The number of hydrogen-bond donors (Lipinski definition) is 1. The Hall–Kier alpha value is -3.58. The summed E-state index contributed by atoms with van der Waals surface area (Å²) in [6.45, 7) is 0. The minimum absolute atomic E-state index is 0.119. The minimum Gasteiger partial charge on any atom is -0.503 e. The number of nitro benzene ring substituents is 1. The molecule has 186 valence electrons. The third kappa shape index (κ3) is 5.01. The summed E-state index contributed by atoms with van der Waals surface area (Å²) in [6.07, 6.45) is 0. The first-order valence-electron chi connectivity index (χ1n) is 10.6. The molecular formula is C24H15ClN4O5S3. The monoisotopic (exact) mass is 570 g/mol. The zero-order chi connectivity index (χ0) is 26.1. The van der Waals surface area contributed by atoms with E-state index in [2.05, 4.69) is 10.2 Å². The van der Waals surface area contributed by atoms with Crippen LogP contribution in [-0.2, 0) is 10.5 Å². The predicted molar refractivity (Wildman–Crippen MR) is 143 cm³/mol. The lowest BCUT2D eigenvalue weighted by atomic mass is 9.95. The number of benzene rings is 2. The number of anilines is 1. The molecule has 0 spiro atoms. The van der Waals surface area contributed by atoms with Gasteiger partial charge in [0.15, 0.2) is 10.1 Å². The van der Waals surface area contributed by atoms with E-state index in [1.807, 2.05) is 12.1 Å². The molecule has 3 heterocycles. The van der Waals surface area contributed by atoms with Crippen molar-refractivity contribution >= 4 is 68.5 Å². The maximum Gasteiger partial charge on any atom is 0.296 e. The third-order valence-corrected chi connectivity index (χ3v) is 8.74. The molecule has 0 saturated heterocycles. The van der Waals surface area contributed by atoms with Gasteiger partial charge in [-0.3, -0.25) is 24.6 Å². The Morgan fingerprint density at radius 2 is 1.86 bits per heavy atom. The number of Topliss-reactive ketones (excluding diaryl/α,β-unsaturated/α-hetero) is 1. The summed E-state index contributed by atoms with van der Waals surface area (Å²) in [5, 5.41) is 32.8. The number of carbonyl (C=O) groups is 2. The van der Waals surface area contributed by atoms with E-state index in [0.717, 1.165) is 16.9 Å². The number of amides is 1. The van der Waals surface area contributed by atoms with Crippen molar-refractivity contribution in [1.29, 1.82) is 0 Å². The van der Waals surface area contributed by atoms with E-state index in [4.69, 9.17) is 11.6 Å². The Morgan fingerprint density at radius 3 is 2.51 bits per heavy atom. The Morgan fingerprint density at radius 1 is 1.14 bits per heavy atom. The molecule has 2 aromatic carbocycles. The number of rotatable bonds is 8. The average Bonchev–Trinajstić information content (AvgIpc) is 3.64. The highest BCUT2D eigenvalue weighted by molar-refractivity contribution is 8.00. The average molecular weight is 571 g/mol. The van der Waals surface area contributed by atoms with E-state index < -0.39 is 28.4 Å². The van der Waals surface area contributed by atoms with Gasteiger partial charge in [0, 0.05) is 22.9 Å². The highest BCUT2D eigenvalue weighted by Crippen LogP contribution is 2.44. The van der Waals surface area contributed by atoms with Crippen molar-refractivity contribution in [3.05, 3.63) is 109 Å². The molecule has 9 nitrogen and oxygen atoms in total. The number of hydrogen-bond acceptors (Lipinski definition) is 10. The summed E-state index contributed by atoms with van der Waals surface area (Å²) in [5.41, 5.74) is 1.17. The van der Waals surface area contributed by atoms with Gasteiger partial charge in [-0.1, -0.05) is 52.9 Å². The zero-order valence-corrected chi connectivity index (χ0v) is 21.8. The third-order valence-electron chi connectivity index (χ3n) is 5.49. The number of nitrogens with zero attached hydrogens (tertiary/aromatic N) is 4. The van der Waals surface area contributed by atoms with Gasteiger partial charge in [0.1, 0.15) is 0 Å². The lowest BCUT2D eigenvalue weighted by molar-refractivity contribution is -0.384. The number of thioether (sulfide) groups is 1. The highest BCUT2D eigenvalue weighted by atomic mass is 35.5. The number of nitro groups is 1. The number of aliphatic hydroxyl groups excluding tert-OH is 1. The van der Waals surface area contributed by atoms with Gasteiger partial charge in [0.2, 0.25) is 10.9 Å². The van der Waals surface area contributed by atoms with Gasteiger partial charge < -0.3 is 5.11 Å². The Bertz CT molecular complexity index is 1520. The fourth-order valence-corrected chi connectivity index (χ4v) is 6.38. The van der Waals surface area contributed by atoms with Gasteiger partial charge in [-0.05, 0) is 46.8 Å². The van der Waals surface area contributed by atoms with E-state index in [1.165, 1.54) is 52.3 Å². The molecule has 4 aromatic rings. The van der Waals surface area contributed by atoms with Gasteiger partial charge in [-0.25, -0.2) is 0 Å². The summed E-state index contributed by atoms with van der Waals surface area (Å²) in [7, 11) is 0. The second kappa shape index (κ2) is 10.4. The minimum atomic E-state index is -1.04. The molecule has 13 heteroatoms. The molecule has 1 atom stereocenters. The first kappa shape index (κ1) is 25.1. The maximum atomic E-state index is 13.3.